The highest BCUT2D eigenvalue weighted by atomic mass is 32.2. The van der Waals surface area contributed by atoms with Gasteiger partial charge in [0.25, 0.3) is 0 Å². The van der Waals surface area contributed by atoms with Crippen molar-refractivity contribution in [3.8, 4) is 11.3 Å². The molecule has 0 aliphatic carbocycles. The predicted octanol–water partition coefficient (Wildman–Crippen LogP) is 3.71. The Morgan fingerprint density at radius 2 is 2.00 bits per heavy atom. The molecule has 0 bridgehead atoms. The summed E-state index contributed by atoms with van der Waals surface area (Å²) < 4.78 is 23.9. The highest BCUT2D eigenvalue weighted by Crippen LogP contribution is 2.23. The fourth-order valence-corrected chi connectivity index (χ4v) is 2.62. The highest BCUT2D eigenvalue weighted by molar-refractivity contribution is 8.00. The second-order valence-electron chi connectivity index (χ2n) is 4.79. The van der Waals surface area contributed by atoms with Crippen LogP contribution < -0.4 is 0 Å². The molecule has 0 aliphatic rings. The van der Waals surface area contributed by atoms with E-state index in [1.807, 2.05) is 12.1 Å². The number of pyridine rings is 1. The number of thioether (sulfide) groups is 1. The molecule has 0 atom stereocenters. The lowest BCUT2D eigenvalue weighted by Crippen LogP contribution is -2.07. The topological polar surface area (TPSA) is 65.2 Å². The summed E-state index contributed by atoms with van der Waals surface area (Å²) >= 11 is 1.36. The Labute approximate surface area is 141 Å². The Bertz CT molecular complexity index is 823. The smallest absolute Gasteiger partial charge is 0.316 e. The zero-order valence-electron chi connectivity index (χ0n) is 12.5. The lowest BCUT2D eigenvalue weighted by atomic mass is 10.1. The van der Waals surface area contributed by atoms with E-state index in [1.54, 1.807) is 36.7 Å². The van der Waals surface area contributed by atoms with Gasteiger partial charge in [0.1, 0.15) is 18.1 Å². The molecule has 0 radical (unpaired) electrons. The largest absolute Gasteiger partial charge is 0.458 e. The Morgan fingerprint density at radius 1 is 1.21 bits per heavy atom. The van der Waals surface area contributed by atoms with Gasteiger partial charge in [-0.25, -0.2) is 4.39 Å². The van der Waals surface area contributed by atoms with Crippen LogP contribution in [0.1, 0.15) is 5.69 Å². The number of rotatable bonds is 6. The highest BCUT2D eigenvalue weighted by Gasteiger charge is 2.12. The first kappa shape index (κ1) is 16.2. The summed E-state index contributed by atoms with van der Waals surface area (Å²) in [5.41, 5.74) is 0.742. The van der Waals surface area contributed by atoms with Crippen molar-refractivity contribution in [1.29, 1.82) is 0 Å². The summed E-state index contributed by atoms with van der Waals surface area (Å²) in [5, 5.41) is 3.79. The maximum atomic E-state index is 13.7. The van der Waals surface area contributed by atoms with E-state index < -0.39 is 5.82 Å². The van der Waals surface area contributed by atoms with Gasteiger partial charge in [0, 0.05) is 23.4 Å². The van der Waals surface area contributed by atoms with Crippen LogP contribution in [0, 0.1) is 5.82 Å². The van der Waals surface area contributed by atoms with Crippen LogP contribution in [0.2, 0.25) is 0 Å². The van der Waals surface area contributed by atoms with Crippen molar-refractivity contribution in [1.82, 2.24) is 10.1 Å². The summed E-state index contributed by atoms with van der Waals surface area (Å²) in [6.07, 6.45) is 3.32. The number of carbonyl (C=O) groups is 1. The zero-order valence-corrected chi connectivity index (χ0v) is 13.3. The fourth-order valence-electron chi connectivity index (χ4n) is 1.94. The van der Waals surface area contributed by atoms with Crippen molar-refractivity contribution in [3.05, 3.63) is 66.4 Å². The molecule has 0 saturated heterocycles. The molecule has 3 rings (SSSR count). The molecule has 0 aliphatic heterocycles. The number of ether oxygens (including phenoxy) is 1. The third-order valence-electron chi connectivity index (χ3n) is 3.09. The van der Waals surface area contributed by atoms with E-state index in [0.29, 0.717) is 17.0 Å². The molecular formula is C17H13FN2O3S. The molecule has 24 heavy (non-hydrogen) atoms. The van der Waals surface area contributed by atoms with Gasteiger partial charge in [-0.3, -0.25) is 9.78 Å². The van der Waals surface area contributed by atoms with E-state index in [0.717, 1.165) is 4.90 Å². The predicted molar refractivity (Wildman–Crippen MR) is 86.7 cm³/mol. The van der Waals surface area contributed by atoms with Crippen LogP contribution in [0.15, 0.2) is 64.3 Å². The van der Waals surface area contributed by atoms with Crippen molar-refractivity contribution in [2.24, 2.45) is 0 Å². The van der Waals surface area contributed by atoms with Crippen molar-refractivity contribution >= 4 is 17.7 Å². The number of halogens is 1. The average molecular weight is 344 g/mol. The van der Waals surface area contributed by atoms with Crippen molar-refractivity contribution in [3.63, 3.8) is 0 Å². The Morgan fingerprint density at radius 3 is 2.79 bits per heavy atom. The van der Waals surface area contributed by atoms with Crippen molar-refractivity contribution in [2.45, 2.75) is 11.5 Å². The number of aromatic nitrogens is 2. The fraction of sp³-hybridized carbons (Fsp3) is 0.118. The molecule has 2 heterocycles. The monoisotopic (exact) mass is 344 g/mol. The van der Waals surface area contributed by atoms with Gasteiger partial charge in [-0.05, 0) is 24.3 Å². The molecule has 5 nitrogen and oxygen atoms in total. The minimum atomic E-state index is -0.397. The maximum Gasteiger partial charge on any atom is 0.316 e. The normalized spacial score (nSPS) is 10.5. The lowest BCUT2D eigenvalue weighted by molar-refractivity contribution is -0.141. The van der Waals surface area contributed by atoms with Gasteiger partial charge in [0.2, 0.25) is 0 Å². The average Bonchev–Trinajstić information content (AvgIpc) is 3.08. The number of esters is 1. The van der Waals surface area contributed by atoms with E-state index in [1.165, 1.54) is 17.8 Å². The van der Waals surface area contributed by atoms with Crippen LogP contribution in [0.5, 0.6) is 0 Å². The molecule has 2 aromatic heterocycles. The van der Waals surface area contributed by atoms with Gasteiger partial charge in [-0.2, -0.15) is 0 Å². The molecule has 122 valence electrons. The van der Waals surface area contributed by atoms with Crippen LogP contribution in [-0.4, -0.2) is 21.9 Å². The SMILES string of the molecule is O=C(CSc1ccncc1)OCc1cc(-c2ccccc2F)on1. The first-order valence-electron chi connectivity index (χ1n) is 7.11. The zero-order chi connectivity index (χ0) is 16.8. The minimum Gasteiger partial charge on any atom is -0.458 e. The third kappa shape index (κ3) is 4.20. The van der Waals surface area contributed by atoms with E-state index in [2.05, 4.69) is 10.1 Å². The third-order valence-corrected chi connectivity index (χ3v) is 4.07. The van der Waals surface area contributed by atoms with Gasteiger partial charge < -0.3 is 9.26 Å². The van der Waals surface area contributed by atoms with Gasteiger partial charge in [-0.15, -0.1) is 11.8 Å². The summed E-state index contributed by atoms with van der Waals surface area (Å²) in [4.78, 5) is 16.6. The molecule has 1 aromatic carbocycles. The van der Waals surface area contributed by atoms with Crippen molar-refractivity contribution in [2.75, 3.05) is 5.75 Å². The summed E-state index contributed by atoms with van der Waals surface area (Å²) in [6, 6.07) is 11.4. The molecule has 0 unspecified atom stereocenters. The lowest BCUT2D eigenvalue weighted by Gasteiger charge is -2.02. The van der Waals surface area contributed by atoms with Crippen LogP contribution >= 0.6 is 11.8 Å². The molecular weight excluding hydrogens is 331 g/mol. The first-order chi connectivity index (χ1) is 11.7. The maximum absolute atomic E-state index is 13.7. The van der Waals surface area contributed by atoms with Crippen LogP contribution in [0.4, 0.5) is 4.39 Å². The summed E-state index contributed by atoms with van der Waals surface area (Å²) in [7, 11) is 0. The molecule has 0 N–H and O–H groups in total. The van der Waals surface area contributed by atoms with Gasteiger partial charge >= 0.3 is 5.97 Å². The van der Waals surface area contributed by atoms with Crippen LogP contribution in [0.3, 0.4) is 0 Å². The van der Waals surface area contributed by atoms with Gasteiger partial charge in [0.15, 0.2) is 5.76 Å². The summed E-state index contributed by atoms with van der Waals surface area (Å²) in [6.45, 7) is -0.0201. The molecule has 0 spiro atoms. The van der Waals surface area contributed by atoms with Crippen molar-refractivity contribution < 1.29 is 18.4 Å². The molecule has 0 fully saturated rings. The quantitative estimate of drug-likeness (QED) is 0.502. The van der Waals surface area contributed by atoms with E-state index in [4.69, 9.17) is 9.26 Å². The molecule has 0 saturated carbocycles. The molecule has 7 heteroatoms. The van der Waals surface area contributed by atoms with E-state index in [-0.39, 0.29) is 18.3 Å². The Hall–Kier alpha value is -2.67. The number of hydrogen-bond acceptors (Lipinski definition) is 6. The molecule has 0 amide bonds. The summed E-state index contributed by atoms with van der Waals surface area (Å²) in [5.74, 6) is -0.286. The Kier molecular flexibility index (Phi) is 5.22. The number of carbonyl (C=O) groups excluding carboxylic acids is 1. The van der Waals surface area contributed by atoms with E-state index in [9.17, 15) is 9.18 Å². The molecule has 3 aromatic rings. The second kappa shape index (κ2) is 7.74. The second-order valence-corrected chi connectivity index (χ2v) is 5.84. The standard InChI is InChI=1S/C17H13FN2O3S/c18-15-4-2-1-3-14(15)16-9-12(20-23-16)10-22-17(21)11-24-13-5-7-19-8-6-13/h1-9H,10-11H2. The van der Waals surface area contributed by atoms with Crippen LogP contribution in [0.25, 0.3) is 11.3 Å². The van der Waals surface area contributed by atoms with E-state index >= 15 is 0 Å². The van der Waals surface area contributed by atoms with Gasteiger partial charge in [0.05, 0.1) is 11.3 Å². The Balaban J connectivity index is 1.52. The first-order valence-corrected chi connectivity index (χ1v) is 8.10. The number of benzene rings is 1. The van der Waals surface area contributed by atoms with Crippen LogP contribution in [-0.2, 0) is 16.1 Å². The van der Waals surface area contributed by atoms with Gasteiger partial charge in [-0.1, -0.05) is 17.3 Å². The number of nitrogens with zero attached hydrogens (tertiary/aromatic N) is 2. The minimum absolute atomic E-state index is 0.0201. The number of hydrogen-bond donors (Lipinski definition) is 0.